The molecule has 0 radical (unpaired) electrons. The summed E-state index contributed by atoms with van der Waals surface area (Å²) < 4.78 is 5.21. The molecule has 3 rings (SSSR count). The molecular formula is C21H29N5O2. The molecule has 1 fully saturated rings. The van der Waals surface area contributed by atoms with Gasteiger partial charge in [-0.15, -0.1) is 0 Å². The predicted octanol–water partition coefficient (Wildman–Crippen LogP) is 2.17. The van der Waals surface area contributed by atoms with Crippen LogP contribution in [0.5, 0.6) is 5.75 Å². The van der Waals surface area contributed by atoms with Gasteiger partial charge in [-0.25, -0.2) is 9.97 Å². The number of methoxy groups -OCH3 is 1. The molecule has 0 spiro atoms. The second-order valence-corrected chi connectivity index (χ2v) is 7.44. The molecule has 0 saturated carbocycles. The summed E-state index contributed by atoms with van der Waals surface area (Å²) in [5.74, 6) is 1.83. The van der Waals surface area contributed by atoms with Gasteiger partial charge in [-0.1, -0.05) is 12.1 Å². The van der Waals surface area contributed by atoms with E-state index in [0.29, 0.717) is 6.04 Å². The molecule has 1 aliphatic rings. The first-order valence-electron chi connectivity index (χ1n) is 9.57. The fourth-order valence-corrected chi connectivity index (χ4v) is 3.34. The third-order valence-electron chi connectivity index (χ3n) is 5.20. The lowest BCUT2D eigenvalue weighted by Gasteiger charge is -2.22. The number of rotatable bonds is 6. The van der Waals surface area contributed by atoms with Crippen LogP contribution in [0, 0.1) is 13.8 Å². The summed E-state index contributed by atoms with van der Waals surface area (Å²) >= 11 is 0. The molecule has 1 saturated heterocycles. The third-order valence-corrected chi connectivity index (χ3v) is 5.20. The quantitative estimate of drug-likeness (QED) is 0.824. The van der Waals surface area contributed by atoms with Gasteiger partial charge in [0.15, 0.2) is 0 Å². The van der Waals surface area contributed by atoms with E-state index in [-0.39, 0.29) is 11.7 Å². The average molecular weight is 383 g/mol. The molecule has 0 aliphatic carbocycles. The summed E-state index contributed by atoms with van der Waals surface area (Å²) in [5, 5.41) is 3.62. The number of ether oxygens (including phenoxy) is 1. The van der Waals surface area contributed by atoms with Crippen LogP contribution in [-0.4, -0.2) is 61.1 Å². The van der Waals surface area contributed by atoms with Gasteiger partial charge in [0.2, 0.25) is 5.82 Å². The lowest BCUT2D eigenvalue weighted by Crippen LogP contribution is -2.33. The van der Waals surface area contributed by atoms with Gasteiger partial charge in [-0.2, -0.15) is 0 Å². The first-order chi connectivity index (χ1) is 13.4. The number of aromatic nitrogens is 2. The normalized spacial score (nSPS) is 16.3. The largest absolute Gasteiger partial charge is 0.497 e. The van der Waals surface area contributed by atoms with Crippen LogP contribution in [0.1, 0.15) is 33.9 Å². The molecule has 1 amide bonds. The molecule has 1 aromatic carbocycles. The van der Waals surface area contributed by atoms with E-state index in [1.54, 1.807) is 21.2 Å². The molecule has 150 valence electrons. The van der Waals surface area contributed by atoms with E-state index in [1.807, 2.05) is 26.0 Å². The number of nitrogens with one attached hydrogen (secondary N) is 1. The van der Waals surface area contributed by atoms with Crippen LogP contribution in [0.2, 0.25) is 0 Å². The van der Waals surface area contributed by atoms with Gasteiger partial charge in [0.25, 0.3) is 5.91 Å². The van der Waals surface area contributed by atoms with Crippen molar-refractivity contribution in [2.75, 3.05) is 39.2 Å². The highest BCUT2D eigenvalue weighted by Crippen LogP contribution is 2.24. The van der Waals surface area contributed by atoms with Gasteiger partial charge in [0.1, 0.15) is 11.6 Å². The second-order valence-electron chi connectivity index (χ2n) is 7.44. The van der Waals surface area contributed by atoms with Crippen molar-refractivity contribution in [2.24, 2.45) is 0 Å². The summed E-state index contributed by atoms with van der Waals surface area (Å²) in [7, 11) is 5.11. The van der Waals surface area contributed by atoms with E-state index < -0.39 is 0 Å². The molecule has 0 bridgehead atoms. The molecule has 1 aromatic heterocycles. The number of carbonyl (C=O) groups excluding carboxylic acids is 1. The van der Waals surface area contributed by atoms with Crippen molar-refractivity contribution in [3.63, 3.8) is 0 Å². The summed E-state index contributed by atoms with van der Waals surface area (Å²) in [6.45, 7) is 6.54. The van der Waals surface area contributed by atoms with E-state index in [0.717, 1.165) is 48.9 Å². The number of benzene rings is 1. The molecule has 2 heterocycles. The summed E-state index contributed by atoms with van der Waals surface area (Å²) in [5.41, 5.74) is 3.11. The average Bonchev–Trinajstić information content (AvgIpc) is 3.16. The Hall–Kier alpha value is -2.67. The number of nitrogens with zero attached hydrogens (tertiary/aromatic N) is 4. The van der Waals surface area contributed by atoms with Crippen LogP contribution in [0.4, 0.5) is 5.82 Å². The zero-order valence-corrected chi connectivity index (χ0v) is 17.3. The topological polar surface area (TPSA) is 70.6 Å². The van der Waals surface area contributed by atoms with Crippen molar-refractivity contribution in [1.82, 2.24) is 20.2 Å². The fourth-order valence-electron chi connectivity index (χ4n) is 3.34. The summed E-state index contributed by atoms with van der Waals surface area (Å²) in [6.07, 6.45) is 1.04. The number of aryl methyl sites for hydroxylation is 1. The van der Waals surface area contributed by atoms with Crippen molar-refractivity contribution >= 4 is 11.7 Å². The van der Waals surface area contributed by atoms with E-state index >= 15 is 0 Å². The Morgan fingerprint density at radius 1 is 1.25 bits per heavy atom. The van der Waals surface area contributed by atoms with Crippen LogP contribution >= 0.6 is 0 Å². The number of hydrogen-bond donors (Lipinski definition) is 1. The van der Waals surface area contributed by atoms with Gasteiger partial charge in [-0.3, -0.25) is 4.79 Å². The van der Waals surface area contributed by atoms with Crippen molar-refractivity contribution in [3.8, 4) is 5.75 Å². The maximum atomic E-state index is 12.3. The molecule has 7 heteroatoms. The Morgan fingerprint density at radius 3 is 2.61 bits per heavy atom. The predicted molar refractivity (Wildman–Crippen MR) is 110 cm³/mol. The Labute approximate surface area is 166 Å². The maximum absolute atomic E-state index is 12.3. The molecule has 7 nitrogen and oxygen atoms in total. The summed E-state index contributed by atoms with van der Waals surface area (Å²) in [4.78, 5) is 25.0. The Bertz CT molecular complexity index is 835. The minimum absolute atomic E-state index is 0.169. The van der Waals surface area contributed by atoms with Crippen LogP contribution < -0.4 is 15.0 Å². The molecule has 28 heavy (non-hydrogen) atoms. The molecule has 2 aromatic rings. The molecule has 1 N–H and O–H groups in total. The Morgan fingerprint density at radius 2 is 1.96 bits per heavy atom. The lowest BCUT2D eigenvalue weighted by atomic mass is 10.2. The number of anilines is 1. The first-order valence-corrected chi connectivity index (χ1v) is 9.57. The minimum atomic E-state index is -0.169. The third kappa shape index (κ3) is 4.42. The zero-order chi connectivity index (χ0) is 20.3. The molecular weight excluding hydrogens is 354 g/mol. The SMILES string of the molecule is COc1ccc(CN[C@@H]2CCN(c3nc(C(=O)N(C)C)nc(C)c3C)C2)cc1. The highest BCUT2D eigenvalue weighted by molar-refractivity contribution is 5.90. The maximum Gasteiger partial charge on any atom is 0.291 e. The van der Waals surface area contributed by atoms with Gasteiger partial charge < -0.3 is 19.9 Å². The van der Waals surface area contributed by atoms with Crippen LogP contribution in [0.3, 0.4) is 0 Å². The Balaban J connectivity index is 1.66. The van der Waals surface area contributed by atoms with Crippen molar-refractivity contribution in [2.45, 2.75) is 32.9 Å². The fraction of sp³-hybridized carbons (Fsp3) is 0.476. The lowest BCUT2D eigenvalue weighted by molar-refractivity contribution is 0.0815. The van der Waals surface area contributed by atoms with Crippen LogP contribution in [0.25, 0.3) is 0 Å². The molecule has 1 aliphatic heterocycles. The van der Waals surface area contributed by atoms with E-state index in [9.17, 15) is 4.79 Å². The molecule has 1 atom stereocenters. The molecule has 0 unspecified atom stereocenters. The van der Waals surface area contributed by atoms with Crippen molar-refractivity contribution in [1.29, 1.82) is 0 Å². The van der Waals surface area contributed by atoms with Crippen LogP contribution in [-0.2, 0) is 6.54 Å². The highest BCUT2D eigenvalue weighted by Gasteiger charge is 2.26. The monoisotopic (exact) mass is 383 g/mol. The Kier molecular flexibility index (Phi) is 6.14. The summed E-state index contributed by atoms with van der Waals surface area (Å²) in [6, 6.07) is 8.50. The van der Waals surface area contributed by atoms with Crippen molar-refractivity contribution < 1.29 is 9.53 Å². The zero-order valence-electron chi connectivity index (χ0n) is 17.3. The van der Waals surface area contributed by atoms with Gasteiger partial charge >= 0.3 is 0 Å². The number of amides is 1. The standard InChI is InChI=1S/C21H29N5O2/c1-14-15(2)23-19(21(27)25(3)4)24-20(14)26-11-10-17(13-26)22-12-16-6-8-18(28-5)9-7-16/h6-9,17,22H,10-13H2,1-5H3/t17-/m1/s1. The minimum Gasteiger partial charge on any atom is -0.497 e. The van der Waals surface area contributed by atoms with Gasteiger partial charge in [0.05, 0.1) is 7.11 Å². The van der Waals surface area contributed by atoms with E-state index in [1.165, 1.54) is 10.5 Å². The van der Waals surface area contributed by atoms with E-state index in [2.05, 4.69) is 32.3 Å². The van der Waals surface area contributed by atoms with Gasteiger partial charge in [-0.05, 0) is 38.0 Å². The first kappa shape index (κ1) is 20.1. The van der Waals surface area contributed by atoms with Crippen LogP contribution in [0.15, 0.2) is 24.3 Å². The number of carbonyl (C=O) groups is 1. The second kappa shape index (κ2) is 8.56. The van der Waals surface area contributed by atoms with E-state index in [4.69, 9.17) is 4.74 Å². The highest BCUT2D eigenvalue weighted by atomic mass is 16.5. The van der Waals surface area contributed by atoms with Crippen molar-refractivity contribution in [3.05, 3.63) is 46.9 Å². The van der Waals surface area contributed by atoms with Gasteiger partial charge in [0, 0.05) is 51.0 Å². The number of hydrogen-bond acceptors (Lipinski definition) is 6. The smallest absolute Gasteiger partial charge is 0.291 e.